The smallest absolute Gasteiger partial charge is 0.0788 e. The van der Waals surface area contributed by atoms with E-state index in [2.05, 4.69) is 13.8 Å². The molecule has 0 amide bonds. The largest absolute Gasteiger partial charge is 0.324 e. The Balaban J connectivity index is 1.91. The van der Waals surface area contributed by atoms with E-state index in [0.29, 0.717) is 0 Å². The van der Waals surface area contributed by atoms with E-state index in [4.69, 9.17) is 0 Å². The SMILES string of the molecule is CCCCCCCCCCCCCCC[N+]1(CCCCCCCCCCCCC)CCCC1. The van der Waals surface area contributed by atoms with Crippen LogP contribution in [0.5, 0.6) is 0 Å². The molecule has 0 aromatic heterocycles. The van der Waals surface area contributed by atoms with Crippen molar-refractivity contribution in [2.45, 2.75) is 181 Å². The number of unbranched alkanes of at least 4 members (excludes halogenated alkanes) is 22. The standard InChI is InChI=1S/C32H66N/c1-3-5-7-9-11-13-15-16-18-20-22-24-26-30-33(31-27-28-32-33)29-25-23-21-19-17-14-12-10-8-6-4-2/h3-32H2,1-2H3/q+1. The highest BCUT2D eigenvalue weighted by Crippen LogP contribution is 2.23. The van der Waals surface area contributed by atoms with Crippen molar-refractivity contribution in [1.29, 1.82) is 0 Å². The lowest BCUT2D eigenvalue weighted by Gasteiger charge is -2.34. The summed E-state index contributed by atoms with van der Waals surface area (Å²) in [5.41, 5.74) is 0. The van der Waals surface area contributed by atoms with Crippen LogP contribution < -0.4 is 0 Å². The van der Waals surface area contributed by atoms with Gasteiger partial charge in [0.1, 0.15) is 0 Å². The molecule has 1 heterocycles. The Morgan fingerprint density at radius 1 is 0.333 bits per heavy atom. The zero-order valence-electron chi connectivity index (χ0n) is 23.7. The van der Waals surface area contributed by atoms with Gasteiger partial charge in [0.15, 0.2) is 0 Å². The summed E-state index contributed by atoms with van der Waals surface area (Å²) in [4.78, 5) is 0. The molecule has 0 aromatic carbocycles. The monoisotopic (exact) mass is 465 g/mol. The molecule has 1 nitrogen and oxygen atoms in total. The van der Waals surface area contributed by atoms with Gasteiger partial charge in [0, 0.05) is 12.8 Å². The molecular weight excluding hydrogens is 398 g/mol. The first-order chi connectivity index (χ1) is 16.3. The van der Waals surface area contributed by atoms with Crippen LogP contribution in [-0.2, 0) is 0 Å². The van der Waals surface area contributed by atoms with E-state index in [0.717, 1.165) is 0 Å². The third-order valence-electron chi connectivity index (χ3n) is 8.49. The van der Waals surface area contributed by atoms with E-state index in [-0.39, 0.29) is 0 Å². The zero-order valence-corrected chi connectivity index (χ0v) is 23.7. The van der Waals surface area contributed by atoms with Crippen molar-refractivity contribution in [3.05, 3.63) is 0 Å². The number of quaternary nitrogens is 1. The van der Waals surface area contributed by atoms with Gasteiger partial charge in [-0.2, -0.15) is 0 Å². The first kappa shape index (κ1) is 31.0. The molecule has 0 radical (unpaired) electrons. The molecule has 1 saturated heterocycles. The number of hydrogen-bond donors (Lipinski definition) is 0. The zero-order chi connectivity index (χ0) is 23.7. The van der Waals surface area contributed by atoms with Crippen molar-refractivity contribution in [2.24, 2.45) is 0 Å². The van der Waals surface area contributed by atoms with Gasteiger partial charge in [0.25, 0.3) is 0 Å². The maximum Gasteiger partial charge on any atom is 0.0788 e. The summed E-state index contributed by atoms with van der Waals surface area (Å²) in [6.45, 7) is 10.6. The van der Waals surface area contributed by atoms with Crippen LogP contribution in [0, 0.1) is 0 Å². The molecule has 0 bridgehead atoms. The molecule has 0 aliphatic carbocycles. The van der Waals surface area contributed by atoms with Gasteiger partial charge in [-0.3, -0.25) is 0 Å². The molecule has 0 N–H and O–H groups in total. The van der Waals surface area contributed by atoms with Crippen molar-refractivity contribution >= 4 is 0 Å². The van der Waals surface area contributed by atoms with Gasteiger partial charge in [0.2, 0.25) is 0 Å². The molecule has 1 aliphatic heterocycles. The van der Waals surface area contributed by atoms with Gasteiger partial charge in [-0.15, -0.1) is 0 Å². The molecule has 1 aliphatic rings. The van der Waals surface area contributed by atoms with Crippen LogP contribution in [0.4, 0.5) is 0 Å². The Hall–Kier alpha value is -0.0400. The van der Waals surface area contributed by atoms with Crippen LogP contribution in [0.25, 0.3) is 0 Å². The van der Waals surface area contributed by atoms with E-state index in [9.17, 15) is 0 Å². The lowest BCUT2D eigenvalue weighted by Crippen LogP contribution is -2.46. The van der Waals surface area contributed by atoms with Gasteiger partial charge in [0.05, 0.1) is 26.2 Å². The normalized spacial score (nSPS) is 15.5. The van der Waals surface area contributed by atoms with Gasteiger partial charge in [-0.1, -0.05) is 142 Å². The van der Waals surface area contributed by atoms with Gasteiger partial charge in [-0.25, -0.2) is 0 Å². The molecule has 198 valence electrons. The Morgan fingerprint density at radius 2 is 0.576 bits per heavy atom. The number of likely N-dealkylation sites (tertiary alicyclic amines) is 1. The van der Waals surface area contributed by atoms with Crippen molar-refractivity contribution in [3.8, 4) is 0 Å². The quantitative estimate of drug-likeness (QED) is 0.0881. The predicted molar refractivity (Wildman–Crippen MR) is 151 cm³/mol. The Morgan fingerprint density at radius 3 is 0.848 bits per heavy atom. The second-order valence-electron chi connectivity index (χ2n) is 11.7. The van der Waals surface area contributed by atoms with Crippen LogP contribution in [-0.4, -0.2) is 30.7 Å². The minimum absolute atomic E-state index is 1.37. The molecule has 0 aromatic rings. The van der Waals surface area contributed by atoms with Crippen LogP contribution in [0.15, 0.2) is 0 Å². The maximum absolute atomic E-state index is 2.31. The molecule has 0 saturated carbocycles. The van der Waals surface area contributed by atoms with Gasteiger partial charge in [-0.05, 0) is 25.7 Å². The van der Waals surface area contributed by atoms with Gasteiger partial charge < -0.3 is 4.48 Å². The minimum atomic E-state index is 1.37. The first-order valence-corrected chi connectivity index (χ1v) is 16.2. The van der Waals surface area contributed by atoms with Crippen LogP contribution >= 0.6 is 0 Å². The van der Waals surface area contributed by atoms with Crippen LogP contribution in [0.1, 0.15) is 181 Å². The average molecular weight is 465 g/mol. The summed E-state index contributed by atoms with van der Waals surface area (Å²) < 4.78 is 1.50. The third-order valence-corrected chi connectivity index (χ3v) is 8.49. The lowest BCUT2D eigenvalue weighted by atomic mass is 10.0. The Labute approximate surface area is 211 Å². The molecule has 1 fully saturated rings. The predicted octanol–water partition coefficient (Wildman–Crippen LogP) is 11.0. The molecule has 0 unspecified atom stereocenters. The maximum atomic E-state index is 2.31. The van der Waals surface area contributed by atoms with Crippen molar-refractivity contribution in [1.82, 2.24) is 0 Å². The topological polar surface area (TPSA) is 0 Å². The highest BCUT2D eigenvalue weighted by Gasteiger charge is 2.30. The highest BCUT2D eigenvalue weighted by atomic mass is 15.4. The molecule has 0 atom stereocenters. The Bertz CT molecular complexity index is 371. The fourth-order valence-corrected chi connectivity index (χ4v) is 6.14. The van der Waals surface area contributed by atoms with Crippen molar-refractivity contribution in [3.63, 3.8) is 0 Å². The van der Waals surface area contributed by atoms with E-state index in [1.165, 1.54) is 198 Å². The summed E-state index contributed by atoms with van der Waals surface area (Å²) in [5.74, 6) is 0. The minimum Gasteiger partial charge on any atom is -0.324 e. The fourth-order valence-electron chi connectivity index (χ4n) is 6.14. The van der Waals surface area contributed by atoms with Crippen LogP contribution in [0.3, 0.4) is 0 Å². The second kappa shape index (κ2) is 23.7. The average Bonchev–Trinajstić information content (AvgIpc) is 3.29. The molecule has 33 heavy (non-hydrogen) atoms. The molecular formula is C32H66N+. The Kier molecular flexibility index (Phi) is 22.2. The summed E-state index contributed by atoms with van der Waals surface area (Å²) in [5, 5.41) is 0. The molecule has 1 rings (SSSR count). The molecule has 1 heteroatoms. The third kappa shape index (κ3) is 18.9. The summed E-state index contributed by atoms with van der Waals surface area (Å²) in [6, 6.07) is 0. The second-order valence-corrected chi connectivity index (χ2v) is 11.7. The molecule has 0 spiro atoms. The number of rotatable bonds is 26. The van der Waals surface area contributed by atoms with Gasteiger partial charge >= 0.3 is 0 Å². The number of hydrogen-bond acceptors (Lipinski definition) is 0. The number of nitrogens with zero attached hydrogens (tertiary/aromatic N) is 1. The first-order valence-electron chi connectivity index (χ1n) is 16.2. The van der Waals surface area contributed by atoms with E-state index < -0.39 is 0 Å². The van der Waals surface area contributed by atoms with E-state index in [1.54, 1.807) is 0 Å². The van der Waals surface area contributed by atoms with E-state index in [1.807, 2.05) is 0 Å². The van der Waals surface area contributed by atoms with E-state index >= 15 is 0 Å². The van der Waals surface area contributed by atoms with Crippen molar-refractivity contribution in [2.75, 3.05) is 26.2 Å². The summed E-state index contributed by atoms with van der Waals surface area (Å²) in [6.07, 6.45) is 38.4. The van der Waals surface area contributed by atoms with Crippen LogP contribution in [0.2, 0.25) is 0 Å². The summed E-state index contributed by atoms with van der Waals surface area (Å²) in [7, 11) is 0. The fraction of sp³-hybridized carbons (Fsp3) is 1.00. The van der Waals surface area contributed by atoms with Crippen molar-refractivity contribution < 1.29 is 4.48 Å². The summed E-state index contributed by atoms with van der Waals surface area (Å²) >= 11 is 0. The lowest BCUT2D eigenvalue weighted by molar-refractivity contribution is -0.917. The highest BCUT2D eigenvalue weighted by molar-refractivity contribution is 4.58.